The predicted molar refractivity (Wildman–Crippen MR) is 168 cm³/mol. The summed E-state index contributed by atoms with van der Waals surface area (Å²) >= 11 is 0. The van der Waals surface area contributed by atoms with E-state index in [0.29, 0.717) is 0 Å². The molecule has 0 fully saturated rings. The van der Waals surface area contributed by atoms with Crippen LogP contribution < -0.4 is 4.90 Å². The number of benzene rings is 5. The predicted octanol–water partition coefficient (Wildman–Crippen LogP) is 10.1. The van der Waals surface area contributed by atoms with Gasteiger partial charge in [0.2, 0.25) is 0 Å². The molecule has 39 heavy (non-hydrogen) atoms. The van der Waals surface area contributed by atoms with Crippen LogP contribution in [0.1, 0.15) is 45.4 Å². The van der Waals surface area contributed by atoms with Crippen molar-refractivity contribution in [3.63, 3.8) is 0 Å². The maximum absolute atomic E-state index is 2.43. The van der Waals surface area contributed by atoms with Crippen molar-refractivity contribution in [1.29, 1.82) is 0 Å². The van der Waals surface area contributed by atoms with Crippen molar-refractivity contribution in [2.45, 2.75) is 26.7 Å². The van der Waals surface area contributed by atoms with E-state index >= 15 is 0 Å². The van der Waals surface area contributed by atoms with Crippen LogP contribution in [-0.2, 0) is 6.42 Å². The first-order valence-electron chi connectivity index (χ1n) is 13.8. The molecule has 1 heteroatoms. The van der Waals surface area contributed by atoms with Crippen LogP contribution in [0.4, 0.5) is 11.4 Å². The molecule has 2 aliphatic carbocycles. The molecule has 0 atom stereocenters. The first-order valence-corrected chi connectivity index (χ1v) is 13.8. The highest BCUT2D eigenvalue weighted by molar-refractivity contribution is 6.06. The topological polar surface area (TPSA) is 3.24 Å². The van der Waals surface area contributed by atoms with Crippen molar-refractivity contribution < 1.29 is 0 Å². The summed E-state index contributed by atoms with van der Waals surface area (Å²) in [4.78, 5) is 2.43. The van der Waals surface area contributed by atoms with Crippen LogP contribution in [0.3, 0.4) is 0 Å². The molecule has 0 saturated heterocycles. The van der Waals surface area contributed by atoms with E-state index < -0.39 is 0 Å². The Kier molecular flexibility index (Phi) is 5.78. The fraction of sp³-hybridized carbons (Fsp3) is 0.105. The number of aryl methyl sites for hydroxylation is 2. The van der Waals surface area contributed by atoms with Gasteiger partial charge in [0.05, 0.1) is 5.70 Å². The molecule has 7 rings (SSSR count). The van der Waals surface area contributed by atoms with Crippen LogP contribution in [0.5, 0.6) is 0 Å². The molecule has 0 unspecified atom stereocenters. The van der Waals surface area contributed by atoms with Gasteiger partial charge >= 0.3 is 0 Å². The van der Waals surface area contributed by atoms with Crippen LogP contribution in [-0.4, -0.2) is 0 Å². The van der Waals surface area contributed by atoms with Crippen LogP contribution in [0.2, 0.25) is 0 Å². The molecule has 0 radical (unpaired) electrons. The van der Waals surface area contributed by atoms with Crippen molar-refractivity contribution in [2.75, 3.05) is 4.90 Å². The van der Waals surface area contributed by atoms with Crippen LogP contribution in [0.15, 0.2) is 115 Å². The Balaban J connectivity index is 1.31. The van der Waals surface area contributed by atoms with E-state index in [4.69, 9.17) is 0 Å². The number of nitrogens with zero attached hydrogens (tertiary/aromatic N) is 1. The maximum atomic E-state index is 2.43. The lowest BCUT2D eigenvalue weighted by molar-refractivity contribution is 1.19. The highest BCUT2D eigenvalue weighted by atomic mass is 15.1. The lowest BCUT2D eigenvalue weighted by Gasteiger charge is -2.34. The second kappa shape index (κ2) is 9.60. The number of rotatable bonds is 5. The van der Waals surface area contributed by atoms with Gasteiger partial charge in [0.25, 0.3) is 0 Å². The van der Waals surface area contributed by atoms with E-state index in [-0.39, 0.29) is 0 Å². The van der Waals surface area contributed by atoms with Crippen molar-refractivity contribution in [3.8, 4) is 0 Å². The van der Waals surface area contributed by atoms with Crippen molar-refractivity contribution in [1.82, 2.24) is 0 Å². The summed E-state index contributed by atoms with van der Waals surface area (Å²) in [6, 6.07) is 37.8. The van der Waals surface area contributed by atoms with Gasteiger partial charge in [0.15, 0.2) is 0 Å². The smallest absolute Gasteiger partial charge is 0.0503 e. The molecule has 5 aromatic rings. The maximum Gasteiger partial charge on any atom is 0.0503 e. The molecular weight excluding hydrogens is 470 g/mol. The Morgan fingerprint density at radius 3 is 1.90 bits per heavy atom. The zero-order valence-electron chi connectivity index (χ0n) is 22.5. The van der Waals surface area contributed by atoms with Crippen molar-refractivity contribution in [3.05, 3.63) is 154 Å². The fourth-order valence-electron chi connectivity index (χ4n) is 5.95. The molecule has 1 nitrogen and oxygen atoms in total. The molecule has 0 bridgehead atoms. The van der Waals surface area contributed by atoms with Gasteiger partial charge in [-0.25, -0.2) is 0 Å². The Labute approximate surface area is 231 Å². The van der Waals surface area contributed by atoms with Crippen LogP contribution in [0, 0.1) is 13.8 Å². The Hall–Kier alpha value is -4.62. The van der Waals surface area contributed by atoms with Gasteiger partial charge in [-0.15, -0.1) is 0 Å². The molecule has 0 heterocycles. The fourth-order valence-corrected chi connectivity index (χ4v) is 5.95. The monoisotopic (exact) mass is 501 g/mol. The summed E-state index contributed by atoms with van der Waals surface area (Å²) in [6.45, 7) is 4.27. The molecule has 5 aromatic carbocycles. The lowest BCUT2D eigenvalue weighted by Crippen LogP contribution is -2.19. The third-order valence-electron chi connectivity index (χ3n) is 8.04. The molecule has 0 aliphatic heterocycles. The van der Waals surface area contributed by atoms with E-state index in [1.807, 2.05) is 0 Å². The minimum Gasteiger partial charge on any atom is -0.310 e. The molecule has 0 N–H and O–H groups in total. The quantitative estimate of drug-likeness (QED) is 0.217. The second-order valence-corrected chi connectivity index (χ2v) is 10.7. The third-order valence-corrected chi connectivity index (χ3v) is 8.04. The summed E-state index contributed by atoms with van der Waals surface area (Å²) < 4.78 is 0. The van der Waals surface area contributed by atoms with E-state index in [2.05, 4.69) is 146 Å². The Bertz CT molecular complexity index is 1780. The molecule has 0 aromatic heterocycles. The average molecular weight is 502 g/mol. The van der Waals surface area contributed by atoms with Gasteiger partial charge < -0.3 is 4.90 Å². The van der Waals surface area contributed by atoms with Crippen LogP contribution >= 0.6 is 0 Å². The van der Waals surface area contributed by atoms with Gasteiger partial charge in [0, 0.05) is 16.9 Å². The Morgan fingerprint density at radius 1 is 0.590 bits per heavy atom. The number of hydrogen-bond donors (Lipinski definition) is 0. The summed E-state index contributed by atoms with van der Waals surface area (Å²) in [5, 5.41) is 2.77. The summed E-state index contributed by atoms with van der Waals surface area (Å²) in [5.41, 5.74) is 14.2. The molecule has 0 amide bonds. The minimum absolute atomic E-state index is 0.954. The molecule has 188 valence electrons. The SMILES string of the molecule is Cc1ccc(C=Cc2ccc(N(C3=CCC4=CCc5cccc6ccc3c4c56)c3ccc(C)cc3)cc2)cc1. The molecule has 0 saturated carbocycles. The minimum atomic E-state index is 0.954. The average Bonchev–Trinajstić information content (AvgIpc) is 2.98. The van der Waals surface area contributed by atoms with Crippen molar-refractivity contribution >= 4 is 45.6 Å². The summed E-state index contributed by atoms with van der Waals surface area (Å²) in [7, 11) is 0. The first-order chi connectivity index (χ1) is 19.1. The first kappa shape index (κ1) is 23.5. The van der Waals surface area contributed by atoms with E-state index in [1.165, 1.54) is 72.4 Å². The molecular formula is C38H31N. The van der Waals surface area contributed by atoms with Gasteiger partial charge in [-0.05, 0) is 89.6 Å². The van der Waals surface area contributed by atoms with Crippen molar-refractivity contribution in [2.24, 2.45) is 0 Å². The number of hydrogen-bond acceptors (Lipinski definition) is 1. The second-order valence-electron chi connectivity index (χ2n) is 10.7. The van der Waals surface area contributed by atoms with Gasteiger partial charge in [-0.3, -0.25) is 0 Å². The zero-order chi connectivity index (χ0) is 26.3. The number of allylic oxidation sites excluding steroid dienone is 3. The number of anilines is 2. The van der Waals surface area contributed by atoms with Gasteiger partial charge in [-0.2, -0.15) is 0 Å². The van der Waals surface area contributed by atoms with Crippen LogP contribution in [0.25, 0.3) is 34.2 Å². The van der Waals surface area contributed by atoms with E-state index in [1.54, 1.807) is 0 Å². The van der Waals surface area contributed by atoms with E-state index in [0.717, 1.165) is 12.8 Å². The highest BCUT2D eigenvalue weighted by Gasteiger charge is 2.27. The third kappa shape index (κ3) is 4.30. The lowest BCUT2D eigenvalue weighted by atomic mass is 9.80. The van der Waals surface area contributed by atoms with Gasteiger partial charge in [-0.1, -0.05) is 114 Å². The van der Waals surface area contributed by atoms with Gasteiger partial charge in [0.1, 0.15) is 0 Å². The standard InChI is InChI=1S/C38H31N/c1-26-6-10-28(11-7-26)12-13-29-14-22-34(23-15-29)39(33-20-8-27(2)9-21-33)36-25-19-32-17-16-30-4-3-5-31-18-24-35(36)38(32)37(30)31/h3-15,17-18,20-25H,16,19H2,1-2H3. The summed E-state index contributed by atoms with van der Waals surface area (Å²) in [5.74, 6) is 0. The molecule has 0 spiro atoms. The zero-order valence-corrected chi connectivity index (χ0v) is 22.5. The Morgan fingerprint density at radius 2 is 1.21 bits per heavy atom. The summed E-state index contributed by atoms with van der Waals surface area (Å²) in [6.07, 6.45) is 11.2. The normalized spacial score (nSPS) is 13.9. The molecule has 2 aliphatic rings. The van der Waals surface area contributed by atoms with E-state index in [9.17, 15) is 0 Å². The largest absolute Gasteiger partial charge is 0.310 e. The highest BCUT2D eigenvalue weighted by Crippen LogP contribution is 2.46.